The van der Waals surface area contributed by atoms with E-state index in [1.807, 2.05) is 19.1 Å². The molecule has 1 heterocycles. The number of benzene rings is 1. The first-order chi connectivity index (χ1) is 8.08. The highest BCUT2D eigenvalue weighted by Crippen LogP contribution is 2.35. The molecule has 17 heavy (non-hydrogen) atoms. The van der Waals surface area contributed by atoms with Crippen molar-refractivity contribution in [2.75, 3.05) is 5.73 Å². The van der Waals surface area contributed by atoms with Crippen LogP contribution >= 0.6 is 23.2 Å². The molecular weight excluding hydrogens is 259 g/mol. The predicted molar refractivity (Wildman–Crippen MR) is 69.9 cm³/mol. The molecule has 0 aliphatic heterocycles. The van der Waals surface area contributed by atoms with Crippen LogP contribution in [0.25, 0.3) is 0 Å². The molecule has 1 aromatic carbocycles. The molecule has 0 fully saturated rings. The minimum atomic E-state index is 0.393. The van der Waals surface area contributed by atoms with Crippen LogP contribution in [0.5, 0.6) is 11.6 Å². The lowest BCUT2D eigenvalue weighted by Gasteiger charge is -2.10. The van der Waals surface area contributed by atoms with Crippen molar-refractivity contribution in [3.8, 4) is 11.6 Å². The van der Waals surface area contributed by atoms with Gasteiger partial charge in [-0.15, -0.1) is 0 Å². The van der Waals surface area contributed by atoms with Gasteiger partial charge < -0.3 is 10.5 Å². The molecule has 0 amide bonds. The van der Waals surface area contributed by atoms with Gasteiger partial charge in [-0.05, 0) is 19.1 Å². The van der Waals surface area contributed by atoms with Crippen LogP contribution in [0.2, 0.25) is 10.0 Å². The monoisotopic (exact) mass is 268 g/mol. The number of hydrogen-bond donors (Lipinski definition) is 1. The molecule has 0 atom stereocenters. The number of aryl methyl sites for hydroxylation is 1. The molecule has 0 unspecified atom stereocenters. The largest absolute Gasteiger partial charge is 0.437 e. The molecule has 1 aromatic heterocycles. The smallest absolute Gasteiger partial charge is 0.222 e. The Kier molecular flexibility index (Phi) is 3.41. The normalized spacial score (nSPS) is 10.3. The van der Waals surface area contributed by atoms with Crippen molar-refractivity contribution in [1.29, 1.82) is 0 Å². The Labute approximate surface area is 109 Å². The number of halogens is 2. The van der Waals surface area contributed by atoms with Gasteiger partial charge >= 0.3 is 0 Å². The van der Waals surface area contributed by atoms with Gasteiger partial charge in [-0.2, -0.15) is 0 Å². The minimum absolute atomic E-state index is 0.393. The van der Waals surface area contributed by atoms with Crippen molar-refractivity contribution in [1.82, 2.24) is 4.98 Å². The standard InChI is InChI=1S/C12H10Cl2N2O/c1-7-3-2-4-16-12(7)17-11-6-9(14)8(13)5-10(11)15/h2-6H,15H2,1H3. The van der Waals surface area contributed by atoms with Crippen LogP contribution in [0, 0.1) is 6.92 Å². The third kappa shape index (κ3) is 2.62. The van der Waals surface area contributed by atoms with Gasteiger partial charge in [0.1, 0.15) is 0 Å². The van der Waals surface area contributed by atoms with Crippen LogP contribution in [0.1, 0.15) is 5.56 Å². The molecule has 2 N–H and O–H groups in total. The van der Waals surface area contributed by atoms with Gasteiger partial charge in [0.05, 0.1) is 15.7 Å². The maximum atomic E-state index is 5.90. The third-order valence-corrected chi connectivity index (χ3v) is 2.94. The first kappa shape index (κ1) is 12.0. The predicted octanol–water partition coefficient (Wildman–Crippen LogP) is 4.07. The number of nitrogens with two attached hydrogens (primary N) is 1. The summed E-state index contributed by atoms with van der Waals surface area (Å²) in [5, 5.41) is 0.790. The van der Waals surface area contributed by atoms with E-state index in [4.69, 9.17) is 33.7 Å². The lowest BCUT2D eigenvalue weighted by atomic mass is 10.3. The second-order valence-electron chi connectivity index (χ2n) is 3.53. The molecule has 0 aliphatic carbocycles. The molecular formula is C12H10Cl2N2O. The molecule has 2 aromatic rings. The van der Waals surface area contributed by atoms with Crippen molar-refractivity contribution < 1.29 is 4.74 Å². The topological polar surface area (TPSA) is 48.1 Å². The summed E-state index contributed by atoms with van der Waals surface area (Å²) in [6.45, 7) is 1.90. The zero-order chi connectivity index (χ0) is 12.4. The van der Waals surface area contributed by atoms with Gasteiger partial charge in [0.25, 0.3) is 0 Å². The van der Waals surface area contributed by atoms with Crippen LogP contribution in [0.3, 0.4) is 0 Å². The number of nitrogen functional groups attached to an aromatic ring is 1. The van der Waals surface area contributed by atoms with Crippen molar-refractivity contribution in [3.05, 3.63) is 46.1 Å². The lowest BCUT2D eigenvalue weighted by molar-refractivity contribution is 0.461. The van der Waals surface area contributed by atoms with Gasteiger partial charge in [-0.3, -0.25) is 0 Å². The fraction of sp³-hybridized carbons (Fsp3) is 0.0833. The van der Waals surface area contributed by atoms with Crippen molar-refractivity contribution in [2.45, 2.75) is 6.92 Å². The van der Waals surface area contributed by atoms with Crippen LogP contribution in [0.4, 0.5) is 5.69 Å². The van der Waals surface area contributed by atoms with Crippen molar-refractivity contribution in [2.24, 2.45) is 0 Å². The average molecular weight is 269 g/mol. The highest BCUT2D eigenvalue weighted by Gasteiger charge is 2.09. The Bertz CT molecular complexity index is 558. The second-order valence-corrected chi connectivity index (χ2v) is 4.35. The second kappa shape index (κ2) is 4.82. The highest BCUT2D eigenvalue weighted by molar-refractivity contribution is 6.42. The minimum Gasteiger partial charge on any atom is -0.437 e. The van der Waals surface area contributed by atoms with Gasteiger partial charge in [-0.25, -0.2) is 4.98 Å². The Morgan fingerprint density at radius 1 is 1.24 bits per heavy atom. The summed E-state index contributed by atoms with van der Waals surface area (Å²) in [6, 6.07) is 6.86. The molecule has 0 saturated heterocycles. The summed E-state index contributed by atoms with van der Waals surface area (Å²) in [5.41, 5.74) is 7.13. The molecule has 3 nitrogen and oxygen atoms in total. The summed E-state index contributed by atoms with van der Waals surface area (Å²) in [7, 11) is 0. The molecule has 5 heteroatoms. The van der Waals surface area contributed by atoms with E-state index in [2.05, 4.69) is 4.98 Å². The van der Waals surface area contributed by atoms with E-state index in [0.717, 1.165) is 5.56 Å². The summed E-state index contributed by atoms with van der Waals surface area (Å²) in [6.07, 6.45) is 1.65. The number of rotatable bonds is 2. The Balaban J connectivity index is 2.37. The first-order valence-electron chi connectivity index (χ1n) is 4.92. The molecule has 0 aliphatic rings. The average Bonchev–Trinajstić information content (AvgIpc) is 2.29. The Morgan fingerprint density at radius 3 is 2.65 bits per heavy atom. The van der Waals surface area contributed by atoms with Crippen molar-refractivity contribution >= 4 is 28.9 Å². The molecule has 2 rings (SSSR count). The van der Waals surface area contributed by atoms with Gasteiger partial charge in [0.15, 0.2) is 5.75 Å². The summed E-state index contributed by atoms with van der Waals surface area (Å²) in [5.74, 6) is 0.943. The van der Waals surface area contributed by atoms with Crippen LogP contribution in [0.15, 0.2) is 30.5 Å². The molecule has 0 radical (unpaired) electrons. The number of nitrogens with zero attached hydrogens (tertiary/aromatic N) is 1. The van der Waals surface area contributed by atoms with Gasteiger partial charge in [0, 0.05) is 17.8 Å². The highest BCUT2D eigenvalue weighted by atomic mass is 35.5. The number of anilines is 1. The summed E-state index contributed by atoms with van der Waals surface area (Å²) < 4.78 is 5.60. The number of ether oxygens (including phenoxy) is 1. The van der Waals surface area contributed by atoms with E-state index in [-0.39, 0.29) is 0 Å². The summed E-state index contributed by atoms with van der Waals surface area (Å²) >= 11 is 11.7. The quantitative estimate of drug-likeness (QED) is 0.836. The van der Waals surface area contributed by atoms with Crippen LogP contribution < -0.4 is 10.5 Å². The van der Waals surface area contributed by atoms with E-state index in [1.165, 1.54) is 0 Å². The van der Waals surface area contributed by atoms with E-state index < -0.39 is 0 Å². The van der Waals surface area contributed by atoms with Gasteiger partial charge in [-0.1, -0.05) is 29.3 Å². The maximum absolute atomic E-state index is 5.90. The number of hydrogen-bond acceptors (Lipinski definition) is 3. The van der Waals surface area contributed by atoms with E-state index in [1.54, 1.807) is 18.3 Å². The van der Waals surface area contributed by atoms with Crippen LogP contribution in [-0.4, -0.2) is 4.98 Å². The molecule has 0 saturated carbocycles. The van der Waals surface area contributed by atoms with E-state index in [9.17, 15) is 0 Å². The molecule has 0 bridgehead atoms. The van der Waals surface area contributed by atoms with Crippen molar-refractivity contribution in [3.63, 3.8) is 0 Å². The van der Waals surface area contributed by atoms with Crippen LogP contribution in [-0.2, 0) is 0 Å². The fourth-order valence-electron chi connectivity index (χ4n) is 1.31. The fourth-order valence-corrected chi connectivity index (χ4v) is 1.64. The third-order valence-electron chi connectivity index (χ3n) is 2.22. The molecule has 0 spiro atoms. The zero-order valence-electron chi connectivity index (χ0n) is 9.08. The molecule has 88 valence electrons. The van der Waals surface area contributed by atoms with Gasteiger partial charge in [0.2, 0.25) is 5.88 Å². The van der Waals surface area contributed by atoms with E-state index in [0.29, 0.717) is 27.4 Å². The number of aromatic nitrogens is 1. The first-order valence-corrected chi connectivity index (χ1v) is 5.67. The number of pyridine rings is 1. The Morgan fingerprint density at radius 2 is 1.94 bits per heavy atom. The Hall–Kier alpha value is -1.45. The zero-order valence-corrected chi connectivity index (χ0v) is 10.6. The SMILES string of the molecule is Cc1cccnc1Oc1cc(Cl)c(Cl)cc1N. The van der Waals surface area contributed by atoms with E-state index >= 15 is 0 Å². The maximum Gasteiger partial charge on any atom is 0.222 e. The lowest BCUT2D eigenvalue weighted by Crippen LogP contribution is -1.95. The summed E-state index contributed by atoms with van der Waals surface area (Å²) in [4.78, 5) is 4.11.